The lowest BCUT2D eigenvalue weighted by Crippen LogP contribution is -2.15. The average Bonchev–Trinajstić information content (AvgIpc) is 2.43. The van der Waals surface area contributed by atoms with Crippen LogP contribution in [0.25, 0.3) is 6.08 Å². The van der Waals surface area contributed by atoms with Crippen molar-refractivity contribution in [2.45, 2.75) is 32.1 Å². The van der Waals surface area contributed by atoms with Crippen molar-refractivity contribution >= 4 is 6.08 Å². The van der Waals surface area contributed by atoms with Crippen molar-refractivity contribution in [3.63, 3.8) is 0 Å². The fraction of sp³-hybridized carbons (Fsp3) is 0.500. The summed E-state index contributed by atoms with van der Waals surface area (Å²) in [5, 5.41) is 0. The van der Waals surface area contributed by atoms with Crippen molar-refractivity contribution in [3.05, 3.63) is 35.7 Å². The lowest BCUT2D eigenvalue weighted by Gasteiger charge is -2.21. The zero-order valence-electron chi connectivity index (χ0n) is 11.3. The average molecular weight is 263 g/mol. The summed E-state index contributed by atoms with van der Waals surface area (Å²) in [6, 6.07) is 4.79. The lowest BCUT2D eigenvalue weighted by atomic mass is 9.90. The van der Waals surface area contributed by atoms with E-state index in [9.17, 15) is 4.39 Å². The summed E-state index contributed by atoms with van der Waals surface area (Å²) in [7, 11) is 0. The Morgan fingerprint density at radius 3 is 2.74 bits per heavy atom. The fourth-order valence-electron chi connectivity index (χ4n) is 2.54. The molecule has 3 heteroatoms. The summed E-state index contributed by atoms with van der Waals surface area (Å²) in [6.07, 6.45) is 10.0. The molecule has 0 unspecified atom stereocenters. The van der Waals surface area contributed by atoms with Crippen LogP contribution in [0.1, 0.15) is 37.7 Å². The summed E-state index contributed by atoms with van der Waals surface area (Å²) >= 11 is 0. The van der Waals surface area contributed by atoms with Gasteiger partial charge in [-0.2, -0.15) is 0 Å². The first-order valence-electron chi connectivity index (χ1n) is 7.08. The molecular formula is C16H22FNO. The number of ether oxygens (including phenoxy) is 1. The zero-order chi connectivity index (χ0) is 13.5. The van der Waals surface area contributed by atoms with Crippen LogP contribution < -0.4 is 10.5 Å². The molecular weight excluding hydrogens is 241 g/mol. The van der Waals surface area contributed by atoms with Gasteiger partial charge in [0.25, 0.3) is 0 Å². The van der Waals surface area contributed by atoms with E-state index < -0.39 is 0 Å². The van der Waals surface area contributed by atoms with E-state index in [1.54, 1.807) is 6.08 Å². The number of nitrogens with two attached hydrogens (primary N) is 1. The number of halogens is 1. The van der Waals surface area contributed by atoms with Gasteiger partial charge in [0.2, 0.25) is 0 Å². The Morgan fingerprint density at radius 1 is 1.21 bits per heavy atom. The summed E-state index contributed by atoms with van der Waals surface area (Å²) in [4.78, 5) is 0. The van der Waals surface area contributed by atoms with Gasteiger partial charge in [0.05, 0.1) is 6.61 Å². The Balaban J connectivity index is 1.95. The van der Waals surface area contributed by atoms with Gasteiger partial charge in [-0.05, 0) is 36.5 Å². The molecule has 1 aromatic carbocycles. The predicted octanol–water partition coefficient (Wildman–Crippen LogP) is 3.76. The molecule has 0 aromatic heterocycles. The Bertz CT molecular complexity index is 425. The Hall–Kier alpha value is -1.35. The molecule has 1 aliphatic carbocycles. The summed E-state index contributed by atoms with van der Waals surface area (Å²) in [5.41, 5.74) is 6.19. The standard InChI is InChI=1S/C16H22FNO/c17-15-9-14(7-4-8-18)10-16(11-15)19-12-13-5-2-1-3-6-13/h4,7,9-11,13H,1-3,5-6,8,12,18H2. The second-order valence-electron chi connectivity index (χ2n) is 5.17. The topological polar surface area (TPSA) is 35.2 Å². The van der Waals surface area contributed by atoms with E-state index in [1.807, 2.05) is 12.1 Å². The number of benzene rings is 1. The first-order valence-corrected chi connectivity index (χ1v) is 7.08. The van der Waals surface area contributed by atoms with Crippen LogP contribution in [0.15, 0.2) is 24.3 Å². The molecule has 0 amide bonds. The molecule has 1 fully saturated rings. The molecule has 0 atom stereocenters. The maximum Gasteiger partial charge on any atom is 0.127 e. The molecule has 0 aliphatic heterocycles. The highest BCUT2D eigenvalue weighted by molar-refractivity contribution is 5.52. The third kappa shape index (κ3) is 4.67. The molecule has 0 bridgehead atoms. The minimum absolute atomic E-state index is 0.266. The minimum Gasteiger partial charge on any atom is -0.493 e. The highest BCUT2D eigenvalue weighted by Crippen LogP contribution is 2.25. The molecule has 2 rings (SSSR count). The molecule has 1 aromatic rings. The predicted molar refractivity (Wildman–Crippen MR) is 76.6 cm³/mol. The smallest absolute Gasteiger partial charge is 0.127 e. The molecule has 104 valence electrons. The fourth-order valence-corrected chi connectivity index (χ4v) is 2.54. The van der Waals surface area contributed by atoms with Crippen LogP contribution >= 0.6 is 0 Å². The first-order chi connectivity index (χ1) is 9.28. The minimum atomic E-state index is -0.266. The SMILES string of the molecule is NCC=Cc1cc(F)cc(OCC2CCCCC2)c1. The van der Waals surface area contributed by atoms with Gasteiger partial charge in [-0.1, -0.05) is 31.4 Å². The van der Waals surface area contributed by atoms with Gasteiger partial charge in [0, 0.05) is 12.6 Å². The van der Waals surface area contributed by atoms with Crippen LogP contribution in [-0.4, -0.2) is 13.2 Å². The second kappa shape index (κ2) is 7.29. The van der Waals surface area contributed by atoms with E-state index in [2.05, 4.69) is 0 Å². The van der Waals surface area contributed by atoms with E-state index in [0.29, 0.717) is 24.8 Å². The van der Waals surface area contributed by atoms with Crippen LogP contribution in [0.2, 0.25) is 0 Å². The van der Waals surface area contributed by atoms with Gasteiger partial charge in [0.15, 0.2) is 0 Å². The van der Waals surface area contributed by atoms with Crippen LogP contribution in [0.5, 0.6) is 5.75 Å². The van der Waals surface area contributed by atoms with Crippen LogP contribution in [-0.2, 0) is 0 Å². The van der Waals surface area contributed by atoms with Crippen LogP contribution in [0.3, 0.4) is 0 Å². The molecule has 0 heterocycles. The van der Waals surface area contributed by atoms with Gasteiger partial charge in [-0.3, -0.25) is 0 Å². The summed E-state index contributed by atoms with van der Waals surface area (Å²) in [5.74, 6) is 0.972. The molecule has 1 aliphatic rings. The van der Waals surface area contributed by atoms with Gasteiger partial charge in [-0.15, -0.1) is 0 Å². The quantitative estimate of drug-likeness (QED) is 0.878. The van der Waals surface area contributed by atoms with E-state index in [1.165, 1.54) is 44.2 Å². The van der Waals surface area contributed by atoms with Crippen molar-refractivity contribution in [1.29, 1.82) is 0 Å². The van der Waals surface area contributed by atoms with Gasteiger partial charge >= 0.3 is 0 Å². The zero-order valence-corrected chi connectivity index (χ0v) is 11.3. The molecule has 19 heavy (non-hydrogen) atoms. The Labute approximate surface area is 114 Å². The van der Waals surface area contributed by atoms with Crippen molar-refractivity contribution in [3.8, 4) is 5.75 Å². The Kier molecular flexibility index (Phi) is 5.40. The van der Waals surface area contributed by atoms with Crippen LogP contribution in [0.4, 0.5) is 4.39 Å². The monoisotopic (exact) mass is 263 g/mol. The largest absolute Gasteiger partial charge is 0.493 e. The molecule has 2 nitrogen and oxygen atoms in total. The van der Waals surface area contributed by atoms with Crippen LogP contribution in [0, 0.1) is 11.7 Å². The normalized spacial score (nSPS) is 16.9. The van der Waals surface area contributed by atoms with Gasteiger partial charge in [0.1, 0.15) is 11.6 Å². The van der Waals surface area contributed by atoms with E-state index in [-0.39, 0.29) is 5.82 Å². The van der Waals surface area contributed by atoms with Gasteiger partial charge < -0.3 is 10.5 Å². The maximum atomic E-state index is 13.5. The van der Waals surface area contributed by atoms with Crippen molar-refractivity contribution < 1.29 is 9.13 Å². The number of rotatable bonds is 5. The number of hydrogen-bond acceptors (Lipinski definition) is 2. The maximum absolute atomic E-state index is 13.5. The Morgan fingerprint density at radius 2 is 2.00 bits per heavy atom. The summed E-state index contributed by atoms with van der Waals surface area (Å²) in [6.45, 7) is 1.15. The van der Waals surface area contributed by atoms with Crippen molar-refractivity contribution in [1.82, 2.24) is 0 Å². The third-order valence-corrected chi connectivity index (χ3v) is 3.55. The second-order valence-corrected chi connectivity index (χ2v) is 5.17. The van der Waals surface area contributed by atoms with E-state index in [4.69, 9.17) is 10.5 Å². The van der Waals surface area contributed by atoms with E-state index in [0.717, 1.165) is 5.56 Å². The molecule has 0 spiro atoms. The third-order valence-electron chi connectivity index (χ3n) is 3.55. The summed E-state index contributed by atoms with van der Waals surface area (Å²) < 4.78 is 19.2. The highest BCUT2D eigenvalue weighted by atomic mass is 19.1. The highest BCUT2D eigenvalue weighted by Gasteiger charge is 2.14. The van der Waals surface area contributed by atoms with E-state index >= 15 is 0 Å². The van der Waals surface area contributed by atoms with Crippen molar-refractivity contribution in [2.75, 3.05) is 13.2 Å². The van der Waals surface area contributed by atoms with Gasteiger partial charge in [-0.25, -0.2) is 4.39 Å². The number of hydrogen-bond donors (Lipinski definition) is 1. The molecule has 0 saturated heterocycles. The molecule has 2 N–H and O–H groups in total. The lowest BCUT2D eigenvalue weighted by molar-refractivity contribution is 0.208. The van der Waals surface area contributed by atoms with Crippen molar-refractivity contribution in [2.24, 2.45) is 11.7 Å². The molecule has 1 saturated carbocycles. The molecule has 0 radical (unpaired) electrons. The first kappa shape index (κ1) is 14.1.